The second-order valence-corrected chi connectivity index (χ2v) is 21.1. The summed E-state index contributed by atoms with van der Waals surface area (Å²) in [6, 6.07) is 6.18. The third-order valence-electron chi connectivity index (χ3n) is 15.3. The Balaban J connectivity index is 1.14. The highest BCUT2D eigenvalue weighted by Gasteiger charge is 2.75. The molecule has 1 aromatic carbocycles. The second-order valence-electron chi connectivity index (χ2n) is 20.2. The predicted octanol–water partition coefficient (Wildman–Crippen LogP) is 6.59. The van der Waals surface area contributed by atoms with Gasteiger partial charge >= 0.3 is 5.97 Å². The third kappa shape index (κ3) is 7.21. The Kier molecular flexibility index (Phi) is 10.7. The first kappa shape index (κ1) is 43.4. The molecule has 3 saturated carbocycles. The summed E-state index contributed by atoms with van der Waals surface area (Å²) in [6.45, 7) is 14.2. The molecule has 4 aromatic rings. The second kappa shape index (κ2) is 15.8. The number of carbonyl (C=O) groups excluding carboxylic acids is 3. The Hall–Kier alpha value is -4.51. The van der Waals surface area contributed by atoms with E-state index in [1.54, 1.807) is 7.11 Å². The third-order valence-corrected chi connectivity index (χ3v) is 16.4. The zero-order valence-electron chi connectivity index (χ0n) is 37.9. The molecule has 0 radical (unpaired) electrons. The van der Waals surface area contributed by atoms with Crippen molar-refractivity contribution in [3.8, 4) is 22.5 Å². The van der Waals surface area contributed by atoms with Gasteiger partial charge in [-0.15, -0.1) is 11.3 Å². The summed E-state index contributed by atoms with van der Waals surface area (Å²) in [5.41, 5.74) is 8.96. The van der Waals surface area contributed by atoms with Crippen LogP contribution in [0.15, 0.2) is 35.8 Å². The van der Waals surface area contributed by atoms with E-state index in [-0.39, 0.29) is 37.0 Å². The normalized spacial score (nSPS) is 28.8. The van der Waals surface area contributed by atoms with E-state index in [0.717, 1.165) is 94.4 Å². The molecule has 342 valence electrons. The van der Waals surface area contributed by atoms with Gasteiger partial charge in [-0.2, -0.15) is 0 Å². The number of nitrogens with one attached hydrogen (secondary N) is 2. The van der Waals surface area contributed by atoms with Crippen molar-refractivity contribution >= 4 is 45.7 Å². The van der Waals surface area contributed by atoms with Crippen LogP contribution in [0.5, 0.6) is 0 Å². The quantitative estimate of drug-likeness (QED) is 0.196. The maximum Gasteiger partial charge on any atom is 0.325 e. The van der Waals surface area contributed by atoms with E-state index < -0.39 is 52.5 Å². The highest BCUT2D eigenvalue weighted by molar-refractivity contribution is 7.10. The van der Waals surface area contributed by atoms with Crippen LogP contribution in [0.3, 0.4) is 0 Å². The first-order valence-electron chi connectivity index (χ1n) is 23.1. The van der Waals surface area contributed by atoms with Gasteiger partial charge in [0.25, 0.3) is 11.8 Å². The van der Waals surface area contributed by atoms with E-state index in [9.17, 15) is 14.4 Å². The van der Waals surface area contributed by atoms with Crippen molar-refractivity contribution in [3.05, 3.63) is 52.1 Å². The molecule has 3 aromatic heterocycles. The van der Waals surface area contributed by atoms with Crippen LogP contribution >= 0.6 is 11.3 Å². The number of alkyl halides is 2. The lowest BCUT2D eigenvalue weighted by molar-refractivity contribution is -0.157. The number of ether oxygens (including phenoxy) is 2. The zero-order valence-corrected chi connectivity index (χ0v) is 38.7. The van der Waals surface area contributed by atoms with Crippen LogP contribution in [0.2, 0.25) is 0 Å². The van der Waals surface area contributed by atoms with Crippen molar-refractivity contribution in [1.82, 2.24) is 35.2 Å². The fraction of sp³-hybridized carbons (Fsp3) is 0.604. The summed E-state index contributed by atoms with van der Waals surface area (Å²) >= 11 is 1.46. The number of benzene rings is 1. The van der Waals surface area contributed by atoms with Crippen molar-refractivity contribution in [2.75, 3.05) is 58.4 Å². The number of fused-ring (bicyclic) bond motifs is 9. The summed E-state index contributed by atoms with van der Waals surface area (Å²) in [7, 11) is 3.83. The molecule has 2 N–H and O–H groups in total. The number of aryl methyl sites for hydroxylation is 1. The average Bonchev–Trinajstić information content (AvgIpc) is 3.97. The number of aromatic nitrogens is 3. The number of pyridine rings is 1. The number of piperazine rings is 1. The fourth-order valence-corrected chi connectivity index (χ4v) is 12.0. The van der Waals surface area contributed by atoms with E-state index in [0.29, 0.717) is 25.8 Å². The summed E-state index contributed by atoms with van der Waals surface area (Å²) in [5, 5.41) is 8.05. The molecule has 1 spiro atoms. The van der Waals surface area contributed by atoms with Crippen LogP contribution < -0.4 is 15.6 Å². The van der Waals surface area contributed by atoms with Gasteiger partial charge in [-0.1, -0.05) is 33.3 Å². The number of hydrazine groups is 1. The van der Waals surface area contributed by atoms with Gasteiger partial charge in [-0.3, -0.25) is 24.4 Å². The Labute approximate surface area is 377 Å². The molecule has 2 saturated heterocycles. The molecule has 2 amide bonds. The topological polar surface area (TPSA) is 134 Å². The predicted molar refractivity (Wildman–Crippen MR) is 241 cm³/mol. The fourth-order valence-electron chi connectivity index (χ4n) is 10.9. The maximum absolute atomic E-state index is 15.6. The zero-order chi connectivity index (χ0) is 45.0. The standard InChI is InChI=1S/C48H60F2N8O5S/c1-8-57-36-11-10-28-19-31(36)33(40(57)32-20-29(22-51-38(32)27(3)62-7)56-16-14-55(6)15-17-56)21-46(4,5)25-63-44(61)39-37-34(48(37,49)50)23-58(54-39)43(60)41(53-42(59)30-18-26(30)2)47(12-9-13-47)45-52-35(28)24-64-45/h10-11,19-20,22,24,26-27,30,34,37,39,41,54H,8-9,12-18,21,23,25H2,1-7H3,(H,53,59)/t26-,27-,30-,34+,37+,39-,41+/m0/s1. The minimum absolute atomic E-state index is 0.0590. The van der Waals surface area contributed by atoms with Crippen LogP contribution in [0.25, 0.3) is 33.4 Å². The molecule has 3 aliphatic heterocycles. The number of esters is 1. The van der Waals surface area contributed by atoms with Gasteiger partial charge < -0.3 is 29.2 Å². The van der Waals surface area contributed by atoms with Gasteiger partial charge in [0, 0.05) is 85.1 Å². The van der Waals surface area contributed by atoms with Crippen molar-refractivity contribution in [3.63, 3.8) is 0 Å². The number of anilines is 1. The Morgan fingerprint density at radius 2 is 1.89 bits per heavy atom. The van der Waals surface area contributed by atoms with Gasteiger partial charge in [0.1, 0.15) is 17.1 Å². The molecule has 6 aliphatic rings. The van der Waals surface area contributed by atoms with E-state index in [1.165, 1.54) is 16.3 Å². The summed E-state index contributed by atoms with van der Waals surface area (Å²) in [4.78, 5) is 57.9. The lowest BCUT2D eigenvalue weighted by atomic mass is 9.63. The minimum atomic E-state index is -3.17. The first-order chi connectivity index (χ1) is 30.5. The molecule has 6 bridgehead atoms. The Morgan fingerprint density at radius 1 is 1.14 bits per heavy atom. The lowest BCUT2D eigenvalue weighted by Crippen LogP contribution is -2.66. The number of methoxy groups -OCH3 is 1. The van der Waals surface area contributed by atoms with Crippen molar-refractivity contribution in [1.29, 1.82) is 0 Å². The summed E-state index contributed by atoms with van der Waals surface area (Å²) in [6.07, 6.45) is 4.81. The molecular formula is C48H60F2N8O5S. The summed E-state index contributed by atoms with van der Waals surface area (Å²) in [5.74, 6) is -7.31. The number of nitrogens with zero attached hydrogens (tertiary/aromatic N) is 6. The Morgan fingerprint density at radius 3 is 2.56 bits per heavy atom. The first-order valence-corrected chi connectivity index (χ1v) is 23.9. The number of rotatable bonds is 7. The van der Waals surface area contributed by atoms with Crippen LogP contribution in [-0.2, 0) is 42.2 Å². The number of amides is 2. The average molecular weight is 899 g/mol. The van der Waals surface area contributed by atoms with E-state index >= 15 is 8.78 Å². The van der Waals surface area contributed by atoms with Crippen molar-refractivity contribution < 1.29 is 32.6 Å². The molecular weight excluding hydrogens is 839 g/mol. The minimum Gasteiger partial charge on any atom is -0.464 e. The van der Waals surface area contributed by atoms with Gasteiger partial charge in [0.15, 0.2) is 0 Å². The number of hydrogen-bond acceptors (Lipinski definition) is 11. The summed E-state index contributed by atoms with van der Waals surface area (Å²) < 4.78 is 45.6. The molecule has 0 unspecified atom stereocenters. The number of thiazole rings is 1. The molecule has 10 rings (SSSR count). The van der Waals surface area contributed by atoms with Crippen LogP contribution in [0.1, 0.15) is 82.7 Å². The largest absolute Gasteiger partial charge is 0.464 e. The van der Waals surface area contributed by atoms with Gasteiger partial charge in [0.2, 0.25) is 5.91 Å². The molecule has 6 heterocycles. The van der Waals surface area contributed by atoms with Gasteiger partial charge in [0.05, 0.1) is 58.9 Å². The lowest BCUT2D eigenvalue weighted by Gasteiger charge is -2.47. The smallest absolute Gasteiger partial charge is 0.325 e. The van der Waals surface area contributed by atoms with Crippen molar-refractivity contribution in [2.24, 2.45) is 29.1 Å². The highest BCUT2D eigenvalue weighted by Crippen LogP contribution is 2.59. The number of hydrogen-bond donors (Lipinski definition) is 2. The van der Waals surface area contributed by atoms with Crippen LogP contribution in [-0.4, -0.2) is 114 Å². The monoisotopic (exact) mass is 898 g/mol. The van der Waals surface area contributed by atoms with Crippen LogP contribution in [0, 0.1) is 29.1 Å². The van der Waals surface area contributed by atoms with E-state index in [1.807, 2.05) is 39.3 Å². The van der Waals surface area contributed by atoms with Gasteiger partial charge in [-0.05, 0) is 76.3 Å². The molecule has 64 heavy (non-hydrogen) atoms. The van der Waals surface area contributed by atoms with Crippen molar-refractivity contribution in [2.45, 2.75) is 103 Å². The van der Waals surface area contributed by atoms with Crippen LogP contribution in [0.4, 0.5) is 14.5 Å². The van der Waals surface area contributed by atoms with E-state index in [2.05, 4.69) is 63.3 Å². The van der Waals surface area contributed by atoms with Gasteiger partial charge in [-0.25, -0.2) is 19.2 Å². The highest BCUT2D eigenvalue weighted by atomic mass is 32.1. The molecule has 16 heteroatoms. The maximum atomic E-state index is 15.6. The number of carbonyl (C=O) groups is 3. The Bertz CT molecular complexity index is 2510. The SMILES string of the molecule is CCn1c(-c2cc(N3CCN(C)CC3)cnc2[C@H](C)OC)c2c3cc(ccc31)-c1csc(n1)C1(CCC1)[C@H](NC(=O)[C@H]1C[C@@H]1C)C(=O)N1C[C@@H]3[C@H]([C@H](N1)C(=O)OCC(C)(C)C2)C3(F)F. The molecule has 5 fully saturated rings. The number of halogens is 2. The van der Waals surface area contributed by atoms with E-state index in [4.69, 9.17) is 19.4 Å². The number of cyclic esters (lactones) is 1. The molecule has 7 atom stereocenters. The number of likely N-dealkylation sites (N-methyl/N-ethyl adjacent to an activating group) is 1. The molecule has 13 nitrogen and oxygen atoms in total. The molecule has 3 aliphatic carbocycles.